The highest BCUT2D eigenvalue weighted by Crippen LogP contribution is 2.22. The van der Waals surface area contributed by atoms with Crippen LogP contribution in [0.4, 0.5) is 0 Å². The minimum absolute atomic E-state index is 0.0344. The first-order chi connectivity index (χ1) is 13.0. The van der Waals surface area contributed by atoms with Crippen molar-refractivity contribution in [2.75, 3.05) is 26.2 Å². The number of primary sulfonamides is 1. The van der Waals surface area contributed by atoms with Crippen LogP contribution in [0.5, 0.6) is 0 Å². The quantitative estimate of drug-likeness (QED) is 0.646. The Morgan fingerprint density at radius 1 is 0.750 bits per heavy atom. The Labute approximate surface area is 163 Å². The molecule has 0 spiro atoms. The van der Waals surface area contributed by atoms with Crippen LogP contribution in [0.15, 0.2) is 63.5 Å². The maximum Gasteiger partial charge on any atom is 0.244 e. The number of nitrogens with zero attached hydrogens (tertiary/aromatic N) is 3. The normalized spacial score (nSPS) is 17.5. The van der Waals surface area contributed by atoms with Crippen molar-refractivity contribution >= 4 is 30.1 Å². The van der Waals surface area contributed by atoms with Crippen LogP contribution in [-0.4, -0.2) is 65.0 Å². The molecule has 0 saturated carbocycles. The molecule has 28 heavy (non-hydrogen) atoms. The summed E-state index contributed by atoms with van der Waals surface area (Å²) in [5.74, 6) is 0. The summed E-state index contributed by atoms with van der Waals surface area (Å²) in [6, 6.07) is 7.67. The van der Waals surface area contributed by atoms with E-state index in [0.717, 1.165) is 10.4 Å². The number of sulfonamides is 3. The second-order valence-corrected chi connectivity index (χ2v) is 11.5. The Hall–Kier alpha value is -1.90. The molecule has 0 radical (unpaired) electrons. The van der Waals surface area contributed by atoms with E-state index in [1.54, 1.807) is 0 Å². The van der Waals surface area contributed by atoms with Gasteiger partial charge in [-0.2, -0.15) is 8.61 Å². The lowest BCUT2D eigenvalue weighted by atomic mass is 10.4. The molecule has 0 atom stereocenters. The molecule has 1 aromatic carbocycles. The molecule has 1 aliphatic heterocycles. The third-order valence-corrected chi connectivity index (χ3v) is 8.93. The molecule has 152 valence electrons. The van der Waals surface area contributed by atoms with Gasteiger partial charge in [-0.15, -0.1) is 0 Å². The zero-order valence-electron chi connectivity index (χ0n) is 14.5. The van der Waals surface area contributed by atoms with Gasteiger partial charge in [0.15, 0.2) is 0 Å². The first-order valence-corrected chi connectivity index (χ1v) is 12.5. The molecular formula is C15H18N4O6S3. The smallest absolute Gasteiger partial charge is 0.244 e. The van der Waals surface area contributed by atoms with Gasteiger partial charge >= 0.3 is 0 Å². The van der Waals surface area contributed by atoms with E-state index in [-0.39, 0.29) is 40.9 Å². The minimum Gasteiger partial charge on any atom is -0.263 e. The second kappa shape index (κ2) is 7.50. The van der Waals surface area contributed by atoms with Gasteiger partial charge < -0.3 is 0 Å². The van der Waals surface area contributed by atoms with Crippen molar-refractivity contribution in [1.29, 1.82) is 0 Å². The number of pyridine rings is 1. The van der Waals surface area contributed by atoms with Crippen molar-refractivity contribution in [2.45, 2.75) is 14.7 Å². The number of rotatable bonds is 5. The van der Waals surface area contributed by atoms with Gasteiger partial charge in [-0.05, 0) is 30.3 Å². The third-order valence-electron chi connectivity index (χ3n) is 4.24. The first kappa shape index (κ1) is 20.8. The summed E-state index contributed by atoms with van der Waals surface area (Å²) >= 11 is 0. The zero-order valence-corrected chi connectivity index (χ0v) is 17.0. The van der Waals surface area contributed by atoms with Gasteiger partial charge in [-0.1, -0.05) is 6.07 Å². The summed E-state index contributed by atoms with van der Waals surface area (Å²) < 4.78 is 76.1. The van der Waals surface area contributed by atoms with E-state index in [1.165, 1.54) is 47.0 Å². The zero-order chi connectivity index (χ0) is 20.6. The topological polar surface area (TPSA) is 148 Å². The Bertz CT molecular complexity index is 1170. The fraction of sp³-hybridized carbons (Fsp3) is 0.267. The van der Waals surface area contributed by atoms with Crippen LogP contribution >= 0.6 is 0 Å². The van der Waals surface area contributed by atoms with Gasteiger partial charge in [0.2, 0.25) is 30.1 Å². The molecule has 1 fully saturated rings. The Morgan fingerprint density at radius 3 is 1.75 bits per heavy atom. The first-order valence-electron chi connectivity index (χ1n) is 8.06. The van der Waals surface area contributed by atoms with Gasteiger partial charge in [0.25, 0.3) is 0 Å². The van der Waals surface area contributed by atoms with Gasteiger partial charge in [-0.25, -0.2) is 30.4 Å². The van der Waals surface area contributed by atoms with Crippen LogP contribution in [0.25, 0.3) is 0 Å². The molecule has 3 rings (SSSR count). The van der Waals surface area contributed by atoms with E-state index in [2.05, 4.69) is 4.98 Å². The maximum absolute atomic E-state index is 12.8. The SMILES string of the molecule is NS(=O)(=O)c1cccc(S(=O)(=O)N2CCN(S(=O)(=O)c3cccnc3)CC2)c1. The Balaban J connectivity index is 1.80. The molecule has 2 heterocycles. The molecule has 1 aliphatic rings. The van der Waals surface area contributed by atoms with E-state index < -0.39 is 30.1 Å². The summed E-state index contributed by atoms with van der Waals surface area (Å²) in [6.45, 7) is -0.209. The maximum atomic E-state index is 12.8. The highest BCUT2D eigenvalue weighted by molar-refractivity contribution is 7.90. The molecule has 10 nitrogen and oxygen atoms in total. The lowest BCUT2D eigenvalue weighted by Crippen LogP contribution is -2.50. The molecule has 0 bridgehead atoms. The highest BCUT2D eigenvalue weighted by atomic mass is 32.2. The van der Waals surface area contributed by atoms with Gasteiger partial charge in [0, 0.05) is 38.6 Å². The van der Waals surface area contributed by atoms with E-state index in [0.29, 0.717) is 0 Å². The minimum atomic E-state index is -4.05. The molecule has 2 aromatic rings. The van der Waals surface area contributed by atoms with Crippen molar-refractivity contribution in [2.24, 2.45) is 5.14 Å². The second-order valence-electron chi connectivity index (χ2n) is 6.02. The van der Waals surface area contributed by atoms with Crippen LogP contribution in [0, 0.1) is 0 Å². The molecule has 0 unspecified atom stereocenters. The number of hydrogen-bond donors (Lipinski definition) is 1. The van der Waals surface area contributed by atoms with Crippen LogP contribution in [-0.2, 0) is 30.1 Å². The average Bonchev–Trinajstić information content (AvgIpc) is 2.68. The number of benzene rings is 1. The standard InChI is InChI=1S/C15H18N4O6S3/c16-26(20,21)13-3-1-4-14(11-13)27(22,23)18-7-9-19(10-8-18)28(24,25)15-5-2-6-17-12-15/h1-6,11-12H,7-10H2,(H2,16,20,21). The van der Waals surface area contributed by atoms with E-state index in [4.69, 9.17) is 5.14 Å². The average molecular weight is 447 g/mol. The summed E-state index contributed by atoms with van der Waals surface area (Å²) in [5.41, 5.74) is 0. The van der Waals surface area contributed by atoms with Crippen LogP contribution in [0.3, 0.4) is 0 Å². The third kappa shape index (κ3) is 4.09. The summed E-state index contributed by atoms with van der Waals surface area (Å²) in [4.78, 5) is 3.30. The predicted octanol–water partition coefficient (Wildman–Crippen LogP) is -0.576. The monoisotopic (exact) mass is 446 g/mol. The highest BCUT2D eigenvalue weighted by Gasteiger charge is 2.34. The van der Waals surface area contributed by atoms with Crippen LogP contribution in [0.2, 0.25) is 0 Å². The molecule has 1 aromatic heterocycles. The molecule has 0 amide bonds. The van der Waals surface area contributed by atoms with E-state index >= 15 is 0 Å². The van der Waals surface area contributed by atoms with Gasteiger partial charge in [0.1, 0.15) is 4.90 Å². The molecular weight excluding hydrogens is 428 g/mol. The lowest BCUT2D eigenvalue weighted by molar-refractivity contribution is 0.272. The van der Waals surface area contributed by atoms with Crippen LogP contribution < -0.4 is 5.14 Å². The summed E-state index contributed by atoms with van der Waals surface area (Å²) in [6.07, 6.45) is 2.69. The van der Waals surface area contributed by atoms with Crippen LogP contribution in [0.1, 0.15) is 0 Å². The fourth-order valence-corrected chi connectivity index (χ4v) is 6.25. The van der Waals surface area contributed by atoms with Crippen molar-refractivity contribution in [3.63, 3.8) is 0 Å². The lowest BCUT2D eigenvalue weighted by Gasteiger charge is -2.33. The predicted molar refractivity (Wildman–Crippen MR) is 99.6 cm³/mol. The van der Waals surface area contributed by atoms with E-state index in [1.807, 2.05) is 0 Å². The van der Waals surface area contributed by atoms with Crippen molar-refractivity contribution in [3.8, 4) is 0 Å². The van der Waals surface area contributed by atoms with Crippen molar-refractivity contribution in [1.82, 2.24) is 13.6 Å². The number of aromatic nitrogens is 1. The Morgan fingerprint density at radius 2 is 1.25 bits per heavy atom. The summed E-state index contributed by atoms with van der Waals surface area (Å²) in [7, 11) is -11.8. The van der Waals surface area contributed by atoms with Gasteiger partial charge in [-0.3, -0.25) is 4.98 Å². The summed E-state index contributed by atoms with van der Waals surface area (Å²) in [5, 5.41) is 5.05. The van der Waals surface area contributed by atoms with Crippen molar-refractivity contribution < 1.29 is 25.3 Å². The van der Waals surface area contributed by atoms with E-state index in [9.17, 15) is 25.3 Å². The molecule has 1 saturated heterocycles. The van der Waals surface area contributed by atoms with Gasteiger partial charge in [0.05, 0.1) is 9.79 Å². The number of hydrogen-bond acceptors (Lipinski definition) is 7. The largest absolute Gasteiger partial charge is 0.263 e. The fourth-order valence-electron chi connectivity index (χ4n) is 2.76. The molecule has 13 heteroatoms. The number of piperazine rings is 1. The molecule has 0 aliphatic carbocycles. The number of nitrogens with two attached hydrogens (primary N) is 1. The Kier molecular flexibility index (Phi) is 5.58. The van der Waals surface area contributed by atoms with Crippen molar-refractivity contribution in [3.05, 3.63) is 48.8 Å². The molecule has 2 N–H and O–H groups in total.